The molecule has 68 heavy (non-hydrogen) atoms. The summed E-state index contributed by atoms with van der Waals surface area (Å²) in [4.78, 5) is 21.9. The van der Waals surface area contributed by atoms with Crippen molar-refractivity contribution in [2.24, 2.45) is 0 Å². The van der Waals surface area contributed by atoms with Crippen LogP contribution in [0.15, 0.2) is 97.3 Å². The standard InChI is InChI=1S/2C22H25ClN6O4S/c2*1-32-20-13-15(29-9-11-33-12-10-29)7-8-19(20)26-22-24-14-16(23)21(27-22)25-17-5-3-4-6-18(17)28-34(2,30)31/h2*3-8,13-14,28H,9-12H2,1-2H3,(H2,24,25,26,27). The van der Waals surface area contributed by atoms with E-state index in [0.717, 1.165) is 50.1 Å². The predicted molar refractivity (Wildman–Crippen MR) is 269 cm³/mol. The molecule has 0 saturated carbocycles. The summed E-state index contributed by atoms with van der Waals surface area (Å²) >= 11 is 12.6. The molecule has 0 spiro atoms. The molecule has 2 fully saturated rings. The van der Waals surface area contributed by atoms with Crippen molar-refractivity contribution in [3.63, 3.8) is 0 Å². The Kier molecular flexibility index (Phi) is 16.3. The Bertz CT molecular complexity index is 2730. The van der Waals surface area contributed by atoms with Crippen LogP contribution in [0.4, 0.5) is 69.0 Å². The summed E-state index contributed by atoms with van der Waals surface area (Å²) in [6.45, 7) is 6.06. The van der Waals surface area contributed by atoms with Crippen LogP contribution in [0.25, 0.3) is 0 Å². The van der Waals surface area contributed by atoms with E-state index in [9.17, 15) is 16.8 Å². The maximum Gasteiger partial charge on any atom is 0.229 e. The van der Waals surface area contributed by atoms with E-state index in [1.54, 1.807) is 62.8 Å². The molecular weight excluding hydrogens is 960 g/mol. The van der Waals surface area contributed by atoms with Gasteiger partial charge in [-0.1, -0.05) is 47.5 Å². The zero-order chi connectivity index (χ0) is 48.3. The number of aromatic nitrogens is 4. The fraction of sp³-hybridized carbons (Fsp3) is 0.273. The minimum absolute atomic E-state index is 0.273. The average molecular weight is 1010 g/mol. The third kappa shape index (κ3) is 13.8. The van der Waals surface area contributed by atoms with E-state index in [4.69, 9.17) is 42.1 Å². The van der Waals surface area contributed by atoms with Gasteiger partial charge in [-0.3, -0.25) is 9.44 Å². The minimum atomic E-state index is -3.46. The highest BCUT2D eigenvalue weighted by Gasteiger charge is 2.18. The highest BCUT2D eigenvalue weighted by molar-refractivity contribution is 7.92. The highest BCUT2D eigenvalue weighted by Crippen LogP contribution is 2.36. The lowest BCUT2D eigenvalue weighted by atomic mass is 10.2. The van der Waals surface area contributed by atoms with Crippen LogP contribution in [0.5, 0.6) is 11.5 Å². The van der Waals surface area contributed by atoms with Gasteiger partial charge in [-0.05, 0) is 48.5 Å². The Morgan fingerprint density at radius 1 is 0.529 bits per heavy atom. The van der Waals surface area contributed by atoms with Crippen LogP contribution >= 0.6 is 23.2 Å². The van der Waals surface area contributed by atoms with Crippen LogP contribution in [0.1, 0.15) is 0 Å². The van der Waals surface area contributed by atoms with Gasteiger partial charge in [0.1, 0.15) is 21.5 Å². The molecule has 0 radical (unpaired) electrons. The number of hydrogen-bond donors (Lipinski definition) is 6. The van der Waals surface area contributed by atoms with Gasteiger partial charge >= 0.3 is 0 Å². The molecule has 360 valence electrons. The summed E-state index contributed by atoms with van der Waals surface area (Å²) in [5, 5.41) is 13.0. The molecular formula is C44H50Cl2N12O8S2. The number of ether oxygens (including phenoxy) is 4. The van der Waals surface area contributed by atoms with E-state index in [1.807, 2.05) is 36.4 Å². The normalized spacial score (nSPS) is 13.9. The summed E-state index contributed by atoms with van der Waals surface area (Å²) in [5.41, 5.74) is 5.18. The van der Waals surface area contributed by atoms with Crippen LogP contribution in [0.3, 0.4) is 0 Å². The summed E-state index contributed by atoms with van der Waals surface area (Å²) < 4.78 is 73.7. The number of anilines is 12. The van der Waals surface area contributed by atoms with Gasteiger partial charge in [0.15, 0.2) is 11.6 Å². The van der Waals surface area contributed by atoms with Crippen molar-refractivity contribution in [3.8, 4) is 11.5 Å². The highest BCUT2D eigenvalue weighted by atomic mass is 35.5. The number of nitrogens with zero attached hydrogens (tertiary/aromatic N) is 6. The fourth-order valence-electron chi connectivity index (χ4n) is 6.89. The molecule has 6 aromatic rings. The Balaban J connectivity index is 0.000000201. The smallest absolute Gasteiger partial charge is 0.229 e. The minimum Gasteiger partial charge on any atom is -0.494 e. The number of morpholine rings is 2. The fourth-order valence-corrected chi connectivity index (χ4v) is 8.32. The maximum absolute atomic E-state index is 11.7. The topological polar surface area (TPSA) is 235 Å². The molecule has 4 heterocycles. The number of nitrogens with one attached hydrogen (secondary N) is 6. The summed E-state index contributed by atoms with van der Waals surface area (Å²) in [6, 6.07) is 25.4. The second-order valence-corrected chi connectivity index (χ2v) is 19.4. The van der Waals surface area contributed by atoms with Crippen molar-refractivity contribution >= 4 is 112 Å². The van der Waals surface area contributed by atoms with Gasteiger partial charge in [0.2, 0.25) is 31.9 Å². The first-order chi connectivity index (χ1) is 32.6. The number of para-hydroxylation sites is 4. The molecule has 2 aromatic heterocycles. The molecule has 4 aromatic carbocycles. The summed E-state index contributed by atoms with van der Waals surface area (Å²) in [5.74, 6) is 2.48. The van der Waals surface area contributed by atoms with Crippen LogP contribution in [-0.4, -0.2) is 116 Å². The Morgan fingerprint density at radius 3 is 1.25 bits per heavy atom. The lowest BCUT2D eigenvalue weighted by molar-refractivity contribution is 0.122. The van der Waals surface area contributed by atoms with Gasteiger partial charge < -0.3 is 50.0 Å². The van der Waals surface area contributed by atoms with E-state index in [2.05, 4.69) is 60.4 Å². The number of sulfonamides is 2. The molecule has 6 N–H and O–H groups in total. The van der Waals surface area contributed by atoms with Gasteiger partial charge in [-0.15, -0.1) is 0 Å². The maximum atomic E-state index is 11.7. The summed E-state index contributed by atoms with van der Waals surface area (Å²) in [7, 11) is -3.72. The van der Waals surface area contributed by atoms with E-state index >= 15 is 0 Å². The van der Waals surface area contributed by atoms with Crippen LogP contribution in [0, 0.1) is 0 Å². The molecule has 0 bridgehead atoms. The quantitative estimate of drug-likeness (QED) is 0.0546. The predicted octanol–water partition coefficient (Wildman–Crippen LogP) is 7.67. The van der Waals surface area contributed by atoms with Crippen molar-refractivity contribution in [1.29, 1.82) is 0 Å². The lowest BCUT2D eigenvalue weighted by Crippen LogP contribution is -2.36. The zero-order valence-electron chi connectivity index (χ0n) is 37.4. The Labute approximate surface area is 404 Å². The van der Waals surface area contributed by atoms with Crippen molar-refractivity contribution in [2.45, 2.75) is 0 Å². The first kappa shape index (κ1) is 49.3. The first-order valence-electron chi connectivity index (χ1n) is 20.9. The third-order valence-corrected chi connectivity index (χ3v) is 11.8. The van der Waals surface area contributed by atoms with Crippen molar-refractivity contribution < 1.29 is 35.8 Å². The molecule has 20 nitrogen and oxygen atoms in total. The zero-order valence-corrected chi connectivity index (χ0v) is 40.6. The molecule has 0 atom stereocenters. The van der Waals surface area contributed by atoms with Gasteiger partial charge in [-0.25, -0.2) is 26.8 Å². The number of halogens is 2. The molecule has 2 aliphatic heterocycles. The van der Waals surface area contributed by atoms with Gasteiger partial charge in [0.05, 0.1) is 99.7 Å². The van der Waals surface area contributed by atoms with Crippen molar-refractivity contribution in [1.82, 2.24) is 19.9 Å². The molecule has 8 rings (SSSR count). The van der Waals surface area contributed by atoms with Crippen LogP contribution in [-0.2, 0) is 29.5 Å². The Morgan fingerprint density at radius 2 is 0.897 bits per heavy atom. The first-order valence-corrected chi connectivity index (χ1v) is 25.5. The monoisotopic (exact) mass is 1010 g/mol. The van der Waals surface area contributed by atoms with E-state index in [1.165, 1.54) is 12.4 Å². The number of rotatable bonds is 16. The molecule has 0 amide bonds. The SMILES string of the molecule is COc1cc(N2CCOCC2)ccc1Nc1ncc(Cl)c(Nc2ccccc2NS(C)(=O)=O)n1.COc1cc(N2CCOCC2)ccc1Nc1ncc(Cl)c(Nc2ccccc2NS(C)(=O)=O)n1. The lowest BCUT2D eigenvalue weighted by Gasteiger charge is -2.29. The number of benzene rings is 4. The van der Waals surface area contributed by atoms with Crippen LogP contribution < -0.4 is 50.0 Å². The van der Waals surface area contributed by atoms with Crippen LogP contribution in [0.2, 0.25) is 10.0 Å². The molecule has 0 unspecified atom stereocenters. The molecule has 24 heteroatoms. The van der Waals surface area contributed by atoms with Gasteiger partial charge in [0, 0.05) is 49.7 Å². The van der Waals surface area contributed by atoms with E-state index in [0.29, 0.717) is 83.7 Å². The molecule has 2 saturated heterocycles. The number of hydrogen-bond acceptors (Lipinski definition) is 18. The second kappa shape index (κ2) is 22.5. The average Bonchev–Trinajstić information content (AvgIpc) is 3.32. The largest absolute Gasteiger partial charge is 0.494 e. The van der Waals surface area contributed by atoms with Gasteiger partial charge in [0.25, 0.3) is 0 Å². The van der Waals surface area contributed by atoms with Crippen molar-refractivity contribution in [2.75, 3.05) is 120 Å². The van der Waals surface area contributed by atoms with Crippen molar-refractivity contribution in [3.05, 3.63) is 107 Å². The molecule has 2 aliphatic rings. The number of methoxy groups -OCH3 is 2. The van der Waals surface area contributed by atoms with E-state index < -0.39 is 20.0 Å². The Hall–Kier alpha value is -6.56. The second-order valence-electron chi connectivity index (χ2n) is 15.1. The van der Waals surface area contributed by atoms with Gasteiger partial charge in [-0.2, -0.15) is 9.97 Å². The summed E-state index contributed by atoms with van der Waals surface area (Å²) in [6.07, 6.45) is 5.09. The van der Waals surface area contributed by atoms with E-state index in [-0.39, 0.29) is 21.9 Å². The third-order valence-electron chi connectivity index (χ3n) is 10.1. The molecule has 0 aliphatic carbocycles.